The largest absolute Gasteiger partial charge is 0.347 e. The van der Waals surface area contributed by atoms with Gasteiger partial charge in [-0.25, -0.2) is 0 Å². The van der Waals surface area contributed by atoms with Crippen LogP contribution in [-0.2, 0) is 10.3 Å². The molecular weight excluding hydrogens is 316 g/mol. The molecule has 0 fully saturated rings. The number of rotatable bonds is 5. The molecule has 0 saturated carbocycles. The van der Waals surface area contributed by atoms with E-state index < -0.39 is 0 Å². The number of benzene rings is 1. The topological polar surface area (TPSA) is 41.1 Å². The minimum absolute atomic E-state index is 0. The molecule has 0 spiro atoms. The fourth-order valence-corrected chi connectivity index (χ4v) is 1.85. The van der Waals surface area contributed by atoms with Crippen LogP contribution in [0.3, 0.4) is 0 Å². The lowest BCUT2D eigenvalue weighted by Crippen LogP contribution is -2.41. The molecule has 0 heterocycles. The maximum absolute atomic E-state index is 11.7. The van der Waals surface area contributed by atoms with E-state index in [1.807, 2.05) is 45.2 Å². The Morgan fingerprint density at radius 1 is 1.28 bits per heavy atom. The second-order valence-electron chi connectivity index (χ2n) is 4.53. The molecule has 0 aliphatic heterocycles. The second kappa shape index (κ2) is 7.77. The van der Waals surface area contributed by atoms with Crippen molar-refractivity contribution in [2.75, 3.05) is 13.6 Å². The van der Waals surface area contributed by atoms with Gasteiger partial charge in [0.25, 0.3) is 0 Å². The summed E-state index contributed by atoms with van der Waals surface area (Å²) in [5.41, 5.74) is 0.754. The average Bonchev–Trinajstić information content (AvgIpc) is 2.26. The van der Waals surface area contributed by atoms with E-state index in [4.69, 9.17) is 0 Å². The molecule has 0 saturated heterocycles. The van der Waals surface area contributed by atoms with Crippen molar-refractivity contribution in [3.05, 3.63) is 34.3 Å². The van der Waals surface area contributed by atoms with Crippen LogP contribution in [0.1, 0.15) is 25.8 Å². The molecule has 0 radical (unpaired) electrons. The summed E-state index contributed by atoms with van der Waals surface area (Å²) in [4.78, 5) is 11.7. The molecule has 3 nitrogen and oxygen atoms in total. The first-order chi connectivity index (χ1) is 7.95. The minimum Gasteiger partial charge on any atom is -0.347 e. The van der Waals surface area contributed by atoms with Crippen molar-refractivity contribution >= 4 is 34.2 Å². The van der Waals surface area contributed by atoms with Crippen LogP contribution in [0.2, 0.25) is 0 Å². The van der Waals surface area contributed by atoms with Crippen LogP contribution < -0.4 is 10.6 Å². The van der Waals surface area contributed by atoms with Crippen molar-refractivity contribution in [1.82, 2.24) is 10.6 Å². The van der Waals surface area contributed by atoms with E-state index in [9.17, 15) is 4.79 Å². The Balaban J connectivity index is 0.00000289. The van der Waals surface area contributed by atoms with Gasteiger partial charge in [0.2, 0.25) is 5.91 Å². The third kappa shape index (κ3) is 5.38. The number of nitrogens with one attached hydrogen (secondary N) is 2. The Morgan fingerprint density at radius 3 is 2.33 bits per heavy atom. The summed E-state index contributed by atoms with van der Waals surface area (Å²) >= 11 is 3.40. The number of hydrogen-bond donors (Lipinski definition) is 2. The fraction of sp³-hybridized carbons (Fsp3) is 0.462. The fourth-order valence-electron chi connectivity index (χ4n) is 1.59. The van der Waals surface area contributed by atoms with Crippen LogP contribution in [0, 0.1) is 0 Å². The summed E-state index contributed by atoms with van der Waals surface area (Å²) < 4.78 is 1.04. The van der Waals surface area contributed by atoms with Crippen LogP contribution >= 0.6 is 28.3 Å². The second-order valence-corrected chi connectivity index (χ2v) is 5.45. The van der Waals surface area contributed by atoms with Gasteiger partial charge < -0.3 is 10.6 Å². The first-order valence-electron chi connectivity index (χ1n) is 5.67. The Hall–Kier alpha value is -0.580. The lowest BCUT2D eigenvalue weighted by atomic mass is 9.94. The standard InChI is InChI=1S/C13H19BrN2O.ClH/c1-13(2,16-12(17)8-9-15-3)10-4-6-11(14)7-5-10;/h4-7,15H,8-9H2,1-3H3,(H,16,17);1H. The predicted molar refractivity (Wildman–Crippen MR) is 81.1 cm³/mol. The number of halogens is 2. The molecule has 2 N–H and O–H groups in total. The molecule has 0 aliphatic carbocycles. The zero-order valence-electron chi connectivity index (χ0n) is 10.9. The summed E-state index contributed by atoms with van der Waals surface area (Å²) in [7, 11) is 1.84. The molecule has 1 aromatic carbocycles. The summed E-state index contributed by atoms with van der Waals surface area (Å²) in [6.07, 6.45) is 0.496. The molecule has 1 amide bonds. The van der Waals surface area contributed by atoms with Gasteiger partial charge in [-0.3, -0.25) is 4.79 Å². The Labute approximate surface area is 123 Å². The van der Waals surface area contributed by atoms with E-state index >= 15 is 0 Å². The molecule has 5 heteroatoms. The van der Waals surface area contributed by atoms with Gasteiger partial charge in [-0.15, -0.1) is 12.4 Å². The van der Waals surface area contributed by atoms with Crippen molar-refractivity contribution in [3.63, 3.8) is 0 Å². The van der Waals surface area contributed by atoms with Gasteiger partial charge in [0.1, 0.15) is 0 Å². The van der Waals surface area contributed by atoms with Crippen LogP contribution in [0.15, 0.2) is 28.7 Å². The summed E-state index contributed by atoms with van der Waals surface area (Å²) in [5.74, 6) is 0.0623. The van der Waals surface area contributed by atoms with Crippen molar-refractivity contribution < 1.29 is 4.79 Å². The van der Waals surface area contributed by atoms with E-state index in [0.717, 1.165) is 10.0 Å². The summed E-state index contributed by atoms with van der Waals surface area (Å²) in [6, 6.07) is 8.00. The maximum Gasteiger partial charge on any atom is 0.221 e. The van der Waals surface area contributed by atoms with E-state index in [1.54, 1.807) is 0 Å². The van der Waals surface area contributed by atoms with Crippen molar-refractivity contribution in [2.24, 2.45) is 0 Å². The SMILES string of the molecule is CNCCC(=O)NC(C)(C)c1ccc(Br)cc1.Cl. The van der Waals surface area contributed by atoms with Crippen molar-refractivity contribution in [3.8, 4) is 0 Å². The Kier molecular flexibility index (Phi) is 7.52. The number of amides is 1. The highest BCUT2D eigenvalue weighted by molar-refractivity contribution is 9.10. The molecule has 0 aromatic heterocycles. The lowest BCUT2D eigenvalue weighted by molar-refractivity contribution is -0.122. The van der Waals surface area contributed by atoms with Gasteiger partial charge in [0.15, 0.2) is 0 Å². The van der Waals surface area contributed by atoms with Crippen LogP contribution in [0.4, 0.5) is 0 Å². The van der Waals surface area contributed by atoms with Crippen LogP contribution in [0.5, 0.6) is 0 Å². The van der Waals surface area contributed by atoms with Gasteiger partial charge >= 0.3 is 0 Å². The van der Waals surface area contributed by atoms with Gasteiger partial charge in [0, 0.05) is 17.4 Å². The number of hydrogen-bond acceptors (Lipinski definition) is 2. The van der Waals surface area contributed by atoms with E-state index in [1.165, 1.54) is 0 Å². The molecular formula is C13H20BrClN2O. The highest BCUT2D eigenvalue weighted by atomic mass is 79.9. The molecule has 1 aromatic rings. The first kappa shape index (κ1) is 17.4. The molecule has 0 aliphatic rings. The smallest absolute Gasteiger partial charge is 0.221 e. The highest BCUT2D eigenvalue weighted by Gasteiger charge is 2.22. The maximum atomic E-state index is 11.7. The Morgan fingerprint density at radius 2 is 1.83 bits per heavy atom. The van der Waals surface area contributed by atoms with Crippen LogP contribution in [0.25, 0.3) is 0 Å². The number of carbonyl (C=O) groups is 1. The third-order valence-corrected chi connectivity index (χ3v) is 3.15. The summed E-state index contributed by atoms with van der Waals surface area (Å²) in [6.45, 7) is 4.71. The minimum atomic E-state index is -0.342. The quantitative estimate of drug-likeness (QED) is 0.869. The highest BCUT2D eigenvalue weighted by Crippen LogP contribution is 2.22. The monoisotopic (exact) mass is 334 g/mol. The van der Waals surface area contributed by atoms with E-state index in [-0.39, 0.29) is 23.9 Å². The van der Waals surface area contributed by atoms with Crippen molar-refractivity contribution in [1.29, 1.82) is 0 Å². The molecule has 0 unspecified atom stereocenters. The Bertz CT molecular complexity index is 379. The zero-order valence-corrected chi connectivity index (χ0v) is 13.3. The molecule has 1 rings (SSSR count). The van der Waals surface area contributed by atoms with Crippen LogP contribution in [-0.4, -0.2) is 19.5 Å². The van der Waals surface area contributed by atoms with Gasteiger partial charge in [-0.2, -0.15) is 0 Å². The summed E-state index contributed by atoms with van der Waals surface area (Å²) in [5, 5.41) is 6.00. The van der Waals surface area contributed by atoms with E-state index in [0.29, 0.717) is 13.0 Å². The predicted octanol–water partition coefficient (Wildman–Crippen LogP) is 2.83. The molecule has 18 heavy (non-hydrogen) atoms. The zero-order chi connectivity index (χ0) is 12.9. The lowest BCUT2D eigenvalue weighted by Gasteiger charge is -2.27. The molecule has 0 bridgehead atoms. The number of carbonyl (C=O) groups excluding carboxylic acids is 1. The normalized spacial score (nSPS) is 10.7. The third-order valence-electron chi connectivity index (χ3n) is 2.62. The average molecular weight is 336 g/mol. The van der Waals surface area contributed by atoms with Crippen molar-refractivity contribution in [2.45, 2.75) is 25.8 Å². The van der Waals surface area contributed by atoms with Gasteiger partial charge in [-0.1, -0.05) is 28.1 Å². The molecule has 102 valence electrons. The molecule has 0 atom stereocenters. The van der Waals surface area contributed by atoms with E-state index in [2.05, 4.69) is 26.6 Å². The first-order valence-corrected chi connectivity index (χ1v) is 6.46. The van der Waals surface area contributed by atoms with Gasteiger partial charge in [-0.05, 0) is 38.6 Å². The van der Waals surface area contributed by atoms with Gasteiger partial charge in [0.05, 0.1) is 5.54 Å².